The second-order valence-corrected chi connectivity index (χ2v) is 6.10. The molecule has 1 unspecified atom stereocenters. The molecule has 0 bridgehead atoms. The summed E-state index contributed by atoms with van der Waals surface area (Å²) in [6, 6.07) is 14.8. The van der Waals surface area contributed by atoms with Crippen molar-refractivity contribution in [2.24, 2.45) is 0 Å². The lowest BCUT2D eigenvalue weighted by Gasteiger charge is -2.19. The molecule has 2 aromatic rings. The lowest BCUT2D eigenvalue weighted by Crippen LogP contribution is -2.26. The summed E-state index contributed by atoms with van der Waals surface area (Å²) in [5.41, 5.74) is 3.40. The van der Waals surface area contributed by atoms with Gasteiger partial charge in [0.1, 0.15) is 0 Å². The summed E-state index contributed by atoms with van der Waals surface area (Å²) in [5.74, 6) is 0. The van der Waals surface area contributed by atoms with Gasteiger partial charge in [0, 0.05) is 11.6 Å². The third kappa shape index (κ3) is 3.54. The molecule has 106 valence electrons. The van der Waals surface area contributed by atoms with Gasteiger partial charge in [0.25, 0.3) is 0 Å². The zero-order valence-electron chi connectivity index (χ0n) is 12.0. The van der Waals surface area contributed by atoms with E-state index < -0.39 is 0 Å². The second kappa shape index (κ2) is 6.62. The summed E-state index contributed by atoms with van der Waals surface area (Å²) >= 11 is 12.3. The number of rotatable bonds is 4. The summed E-state index contributed by atoms with van der Waals surface area (Å²) in [4.78, 5) is 2.22. The molecule has 0 radical (unpaired) electrons. The van der Waals surface area contributed by atoms with Crippen LogP contribution in [0.2, 0.25) is 10.0 Å². The maximum absolute atomic E-state index is 6.25. The van der Waals surface area contributed by atoms with E-state index in [1.165, 1.54) is 5.56 Å². The van der Waals surface area contributed by atoms with Crippen LogP contribution in [-0.4, -0.2) is 25.0 Å². The van der Waals surface area contributed by atoms with E-state index in [0.717, 1.165) is 17.5 Å². The Balaban J connectivity index is 2.22. The van der Waals surface area contributed by atoms with Crippen LogP contribution in [0.5, 0.6) is 0 Å². The van der Waals surface area contributed by atoms with Gasteiger partial charge in [0.05, 0.1) is 10.0 Å². The molecule has 0 fully saturated rings. The van der Waals surface area contributed by atoms with E-state index in [2.05, 4.69) is 50.2 Å². The Labute approximate surface area is 131 Å². The highest BCUT2D eigenvalue weighted by Crippen LogP contribution is 2.33. The average Bonchev–Trinajstić information content (AvgIpc) is 2.43. The van der Waals surface area contributed by atoms with Gasteiger partial charge in [-0.25, -0.2) is 0 Å². The molecule has 0 N–H and O–H groups in total. The zero-order valence-corrected chi connectivity index (χ0v) is 13.5. The fourth-order valence-corrected chi connectivity index (χ4v) is 2.48. The van der Waals surface area contributed by atoms with Gasteiger partial charge in [-0.3, -0.25) is 0 Å². The predicted octanol–water partition coefficient (Wildman–Crippen LogP) is 5.15. The average molecular weight is 308 g/mol. The van der Waals surface area contributed by atoms with E-state index in [4.69, 9.17) is 23.2 Å². The molecule has 0 aromatic heterocycles. The first kappa shape index (κ1) is 15.4. The molecule has 3 heteroatoms. The molecule has 0 heterocycles. The lowest BCUT2D eigenvalue weighted by molar-refractivity contribution is 0.312. The number of hydrogen-bond acceptors (Lipinski definition) is 1. The Morgan fingerprint density at radius 2 is 1.65 bits per heavy atom. The molecule has 1 atom stereocenters. The van der Waals surface area contributed by atoms with Crippen LogP contribution in [-0.2, 0) is 6.42 Å². The minimum absolute atomic E-state index is 0.524. The summed E-state index contributed by atoms with van der Waals surface area (Å²) in [6.45, 7) is 2.22. The van der Waals surface area contributed by atoms with Gasteiger partial charge in [-0.2, -0.15) is 0 Å². The van der Waals surface area contributed by atoms with Crippen molar-refractivity contribution in [3.63, 3.8) is 0 Å². The van der Waals surface area contributed by atoms with Crippen LogP contribution in [0.15, 0.2) is 42.5 Å². The quantitative estimate of drug-likeness (QED) is 0.754. The summed E-state index contributed by atoms with van der Waals surface area (Å²) in [7, 11) is 4.20. The Bertz CT molecular complexity index is 576. The monoisotopic (exact) mass is 307 g/mol. The third-order valence-electron chi connectivity index (χ3n) is 3.63. The van der Waals surface area contributed by atoms with Crippen LogP contribution >= 0.6 is 23.2 Å². The fraction of sp³-hybridized carbons (Fsp3) is 0.294. The molecule has 0 spiro atoms. The number of benzene rings is 2. The van der Waals surface area contributed by atoms with Gasteiger partial charge in [-0.05, 0) is 44.6 Å². The van der Waals surface area contributed by atoms with E-state index >= 15 is 0 Å². The van der Waals surface area contributed by atoms with Crippen LogP contribution in [0.1, 0.15) is 12.5 Å². The highest BCUT2D eigenvalue weighted by atomic mass is 35.5. The molecule has 1 nitrogen and oxygen atoms in total. The van der Waals surface area contributed by atoms with Crippen molar-refractivity contribution in [1.82, 2.24) is 4.90 Å². The van der Waals surface area contributed by atoms with E-state index in [0.29, 0.717) is 16.1 Å². The lowest BCUT2D eigenvalue weighted by atomic mass is 10.0. The van der Waals surface area contributed by atoms with Crippen LogP contribution < -0.4 is 0 Å². The van der Waals surface area contributed by atoms with Gasteiger partial charge < -0.3 is 4.90 Å². The Kier molecular flexibility index (Phi) is 5.09. The van der Waals surface area contributed by atoms with E-state index in [1.54, 1.807) is 6.07 Å². The van der Waals surface area contributed by atoms with Crippen molar-refractivity contribution in [1.29, 1.82) is 0 Å². The van der Waals surface area contributed by atoms with Crippen LogP contribution in [0.4, 0.5) is 0 Å². The number of nitrogens with zero attached hydrogens (tertiary/aromatic N) is 1. The third-order valence-corrected chi connectivity index (χ3v) is 4.45. The first-order valence-electron chi connectivity index (χ1n) is 6.69. The predicted molar refractivity (Wildman–Crippen MR) is 88.8 cm³/mol. The normalized spacial score (nSPS) is 12.7. The number of hydrogen-bond donors (Lipinski definition) is 0. The first-order chi connectivity index (χ1) is 9.49. The minimum atomic E-state index is 0.524. The molecule has 2 aromatic carbocycles. The van der Waals surface area contributed by atoms with Crippen molar-refractivity contribution in [2.45, 2.75) is 19.4 Å². The molecule has 0 amide bonds. The molecule has 0 saturated carbocycles. The Hall–Kier alpha value is -1.02. The van der Waals surface area contributed by atoms with Gasteiger partial charge >= 0.3 is 0 Å². The van der Waals surface area contributed by atoms with Crippen LogP contribution in [0.3, 0.4) is 0 Å². The molecule has 0 saturated heterocycles. The molecular formula is C17H19Cl2N. The van der Waals surface area contributed by atoms with E-state index in [-0.39, 0.29) is 0 Å². The van der Waals surface area contributed by atoms with Crippen molar-refractivity contribution < 1.29 is 0 Å². The van der Waals surface area contributed by atoms with E-state index in [1.807, 2.05) is 12.1 Å². The number of likely N-dealkylation sites (N-methyl/N-ethyl adjacent to an activating group) is 1. The van der Waals surface area contributed by atoms with Crippen molar-refractivity contribution in [3.8, 4) is 11.1 Å². The van der Waals surface area contributed by atoms with Crippen LogP contribution in [0.25, 0.3) is 11.1 Å². The SMILES string of the molecule is CC(Cc1ccc(-c2cccc(Cl)c2Cl)cc1)N(C)C. The maximum Gasteiger partial charge on any atom is 0.0670 e. The van der Waals surface area contributed by atoms with Gasteiger partial charge in [0.2, 0.25) is 0 Å². The standard InChI is InChI=1S/C17H19Cl2N/c1-12(20(2)3)11-13-7-9-14(10-8-13)15-5-4-6-16(18)17(15)19/h4-10,12H,11H2,1-3H3. The maximum atomic E-state index is 6.25. The van der Waals surface area contributed by atoms with E-state index in [9.17, 15) is 0 Å². The molecule has 0 aliphatic heterocycles. The highest BCUT2D eigenvalue weighted by Gasteiger charge is 2.08. The van der Waals surface area contributed by atoms with Crippen molar-refractivity contribution >= 4 is 23.2 Å². The Morgan fingerprint density at radius 1 is 1.00 bits per heavy atom. The molecule has 20 heavy (non-hydrogen) atoms. The van der Waals surface area contributed by atoms with Crippen molar-refractivity contribution in [3.05, 3.63) is 58.1 Å². The molecule has 2 rings (SSSR count). The van der Waals surface area contributed by atoms with Gasteiger partial charge in [-0.15, -0.1) is 0 Å². The summed E-state index contributed by atoms with van der Waals surface area (Å²) < 4.78 is 0. The smallest absolute Gasteiger partial charge is 0.0670 e. The summed E-state index contributed by atoms with van der Waals surface area (Å²) in [6.07, 6.45) is 1.04. The second-order valence-electron chi connectivity index (χ2n) is 5.32. The fourth-order valence-electron chi connectivity index (χ4n) is 2.07. The van der Waals surface area contributed by atoms with Crippen molar-refractivity contribution in [2.75, 3.05) is 14.1 Å². The minimum Gasteiger partial charge on any atom is -0.306 e. The number of halogens is 2. The first-order valence-corrected chi connectivity index (χ1v) is 7.44. The molecular weight excluding hydrogens is 289 g/mol. The zero-order chi connectivity index (χ0) is 14.7. The molecule has 0 aliphatic carbocycles. The topological polar surface area (TPSA) is 3.24 Å². The highest BCUT2D eigenvalue weighted by molar-refractivity contribution is 6.43. The van der Waals surface area contributed by atoms with Gasteiger partial charge in [0.15, 0.2) is 0 Å². The van der Waals surface area contributed by atoms with Gasteiger partial charge in [-0.1, -0.05) is 59.6 Å². The van der Waals surface area contributed by atoms with Crippen LogP contribution in [0, 0.1) is 0 Å². The molecule has 0 aliphatic rings. The Morgan fingerprint density at radius 3 is 2.25 bits per heavy atom. The largest absolute Gasteiger partial charge is 0.306 e. The summed E-state index contributed by atoms with van der Waals surface area (Å²) in [5, 5.41) is 1.21.